The molecule has 0 spiro atoms. The molecule has 0 amide bonds. The van der Waals surface area contributed by atoms with Gasteiger partial charge in [-0.3, -0.25) is 4.79 Å². The van der Waals surface area contributed by atoms with Gasteiger partial charge in [0.25, 0.3) is 5.56 Å². The molecule has 0 bridgehead atoms. The highest BCUT2D eigenvalue weighted by Gasteiger charge is 2.02. The lowest BCUT2D eigenvalue weighted by atomic mass is 10.4. The molecule has 5 heteroatoms. The summed E-state index contributed by atoms with van der Waals surface area (Å²) in [5.74, 6) is 0.269. The highest BCUT2D eigenvalue weighted by Crippen LogP contribution is 1.91. The quantitative estimate of drug-likeness (QED) is 0.667. The summed E-state index contributed by atoms with van der Waals surface area (Å²) in [6, 6.07) is 0. The van der Waals surface area contributed by atoms with E-state index in [4.69, 9.17) is 5.11 Å². The van der Waals surface area contributed by atoms with Gasteiger partial charge in [-0.25, -0.2) is 4.98 Å². The number of nitrogens with zero attached hydrogens (tertiary/aromatic N) is 2. The van der Waals surface area contributed by atoms with Crippen molar-refractivity contribution in [3.8, 4) is 0 Å². The van der Waals surface area contributed by atoms with Gasteiger partial charge >= 0.3 is 0 Å². The molecule has 1 unspecified atom stereocenters. The van der Waals surface area contributed by atoms with Crippen LogP contribution >= 0.6 is 0 Å². The van der Waals surface area contributed by atoms with E-state index in [2.05, 4.69) is 10.3 Å². The molecule has 13 heavy (non-hydrogen) atoms. The molecule has 0 aliphatic carbocycles. The molecule has 0 aromatic carbocycles. The van der Waals surface area contributed by atoms with E-state index in [1.807, 2.05) is 0 Å². The molecule has 1 aromatic rings. The molecule has 1 atom stereocenters. The van der Waals surface area contributed by atoms with Gasteiger partial charge < -0.3 is 15.0 Å². The Bertz CT molecular complexity index is 332. The topological polar surface area (TPSA) is 67.2 Å². The van der Waals surface area contributed by atoms with E-state index < -0.39 is 6.10 Å². The second-order valence-corrected chi connectivity index (χ2v) is 2.92. The zero-order valence-electron chi connectivity index (χ0n) is 7.69. The minimum atomic E-state index is -0.494. The normalized spacial score (nSPS) is 12.5. The number of anilines is 1. The van der Waals surface area contributed by atoms with E-state index in [-0.39, 0.29) is 11.4 Å². The lowest BCUT2D eigenvalue weighted by Crippen LogP contribution is -2.25. The third-order valence-electron chi connectivity index (χ3n) is 1.58. The summed E-state index contributed by atoms with van der Waals surface area (Å²) in [4.78, 5) is 15.2. The Morgan fingerprint density at radius 1 is 1.77 bits per heavy atom. The van der Waals surface area contributed by atoms with Crippen molar-refractivity contribution >= 4 is 5.82 Å². The molecule has 0 aliphatic rings. The van der Waals surface area contributed by atoms with Crippen molar-refractivity contribution < 1.29 is 5.11 Å². The molecular weight excluding hydrogens is 170 g/mol. The van der Waals surface area contributed by atoms with E-state index in [0.29, 0.717) is 6.54 Å². The van der Waals surface area contributed by atoms with Gasteiger partial charge in [-0.15, -0.1) is 0 Å². The first-order valence-corrected chi connectivity index (χ1v) is 4.05. The molecule has 0 saturated heterocycles. The number of hydrogen-bond acceptors (Lipinski definition) is 4. The zero-order valence-corrected chi connectivity index (χ0v) is 7.69. The Morgan fingerprint density at radius 3 is 3.08 bits per heavy atom. The SMILES string of the molecule is CC(O)CNc1nccn(C)c1=O. The first kappa shape index (κ1) is 9.73. The third kappa shape index (κ3) is 2.55. The van der Waals surface area contributed by atoms with E-state index in [1.165, 1.54) is 10.8 Å². The fourth-order valence-corrected chi connectivity index (χ4v) is 0.863. The van der Waals surface area contributed by atoms with Crippen LogP contribution in [-0.4, -0.2) is 27.3 Å². The smallest absolute Gasteiger partial charge is 0.293 e. The molecular formula is C8H13N3O2. The maximum Gasteiger partial charge on any atom is 0.293 e. The van der Waals surface area contributed by atoms with Crippen LogP contribution in [0, 0.1) is 0 Å². The van der Waals surface area contributed by atoms with Crippen LogP contribution in [0.3, 0.4) is 0 Å². The molecule has 2 N–H and O–H groups in total. The number of aliphatic hydroxyl groups is 1. The molecule has 0 fully saturated rings. The van der Waals surface area contributed by atoms with Gasteiger partial charge in [-0.2, -0.15) is 0 Å². The van der Waals surface area contributed by atoms with E-state index in [0.717, 1.165) is 0 Å². The summed E-state index contributed by atoms with van der Waals surface area (Å²) < 4.78 is 1.43. The molecule has 1 heterocycles. The average Bonchev–Trinajstić information content (AvgIpc) is 2.07. The van der Waals surface area contributed by atoms with Crippen molar-refractivity contribution in [2.45, 2.75) is 13.0 Å². The van der Waals surface area contributed by atoms with Crippen molar-refractivity contribution in [2.24, 2.45) is 7.05 Å². The van der Waals surface area contributed by atoms with E-state index in [1.54, 1.807) is 20.2 Å². The number of aryl methyl sites for hydroxylation is 1. The van der Waals surface area contributed by atoms with Crippen molar-refractivity contribution in [2.75, 3.05) is 11.9 Å². The number of hydrogen-bond donors (Lipinski definition) is 2. The molecule has 0 saturated carbocycles. The lowest BCUT2D eigenvalue weighted by Gasteiger charge is -2.07. The van der Waals surface area contributed by atoms with Gasteiger partial charge in [-0.05, 0) is 6.92 Å². The van der Waals surface area contributed by atoms with Crippen LogP contribution in [0.25, 0.3) is 0 Å². The average molecular weight is 183 g/mol. The van der Waals surface area contributed by atoms with Gasteiger partial charge in [0.15, 0.2) is 5.82 Å². The minimum absolute atomic E-state index is 0.192. The summed E-state index contributed by atoms with van der Waals surface area (Å²) in [5.41, 5.74) is -0.192. The molecule has 0 radical (unpaired) electrons. The number of nitrogens with one attached hydrogen (secondary N) is 1. The first-order chi connectivity index (χ1) is 6.11. The lowest BCUT2D eigenvalue weighted by molar-refractivity contribution is 0.208. The molecule has 1 rings (SSSR count). The second kappa shape index (κ2) is 4.04. The van der Waals surface area contributed by atoms with Crippen molar-refractivity contribution in [3.63, 3.8) is 0 Å². The van der Waals surface area contributed by atoms with Crippen LogP contribution in [0.1, 0.15) is 6.92 Å². The Balaban J connectivity index is 2.78. The minimum Gasteiger partial charge on any atom is -0.392 e. The highest BCUT2D eigenvalue weighted by atomic mass is 16.3. The summed E-state index contributed by atoms with van der Waals surface area (Å²) in [7, 11) is 1.65. The second-order valence-electron chi connectivity index (χ2n) is 2.92. The van der Waals surface area contributed by atoms with Crippen molar-refractivity contribution in [1.29, 1.82) is 0 Å². The van der Waals surface area contributed by atoms with Gasteiger partial charge in [0.2, 0.25) is 0 Å². The Kier molecular flexibility index (Phi) is 3.02. The van der Waals surface area contributed by atoms with E-state index in [9.17, 15) is 4.79 Å². The van der Waals surface area contributed by atoms with Gasteiger partial charge in [-0.1, -0.05) is 0 Å². The zero-order chi connectivity index (χ0) is 9.84. The maximum absolute atomic E-state index is 11.3. The Labute approximate surface area is 76.0 Å². The highest BCUT2D eigenvalue weighted by molar-refractivity contribution is 5.30. The first-order valence-electron chi connectivity index (χ1n) is 4.05. The number of rotatable bonds is 3. The van der Waals surface area contributed by atoms with Gasteiger partial charge in [0.1, 0.15) is 0 Å². The Hall–Kier alpha value is -1.36. The van der Waals surface area contributed by atoms with Crippen LogP contribution < -0.4 is 10.9 Å². The summed E-state index contributed by atoms with van der Waals surface area (Å²) in [6.07, 6.45) is 2.62. The predicted octanol–water partition coefficient (Wildman–Crippen LogP) is -0.427. The predicted molar refractivity (Wildman–Crippen MR) is 49.6 cm³/mol. The van der Waals surface area contributed by atoms with Crippen molar-refractivity contribution in [3.05, 3.63) is 22.7 Å². The number of aromatic nitrogens is 2. The van der Waals surface area contributed by atoms with Crippen LogP contribution in [-0.2, 0) is 7.05 Å². The number of aliphatic hydroxyl groups excluding tert-OH is 1. The monoisotopic (exact) mass is 183 g/mol. The Morgan fingerprint density at radius 2 is 2.46 bits per heavy atom. The van der Waals surface area contributed by atoms with Crippen LogP contribution in [0.4, 0.5) is 5.82 Å². The maximum atomic E-state index is 11.3. The van der Waals surface area contributed by atoms with Crippen LogP contribution in [0.5, 0.6) is 0 Å². The summed E-state index contributed by atoms with van der Waals surface area (Å²) >= 11 is 0. The van der Waals surface area contributed by atoms with Crippen molar-refractivity contribution in [1.82, 2.24) is 9.55 Å². The van der Waals surface area contributed by atoms with Gasteiger partial charge in [0, 0.05) is 26.0 Å². The third-order valence-corrected chi connectivity index (χ3v) is 1.58. The standard InChI is InChI=1S/C8H13N3O2/c1-6(12)5-10-7-8(13)11(2)4-3-9-7/h3-4,6,12H,5H2,1-2H3,(H,9,10). The molecule has 72 valence electrons. The summed E-state index contributed by atoms with van der Waals surface area (Å²) in [5, 5.41) is 11.7. The van der Waals surface area contributed by atoms with Crippen LogP contribution in [0.2, 0.25) is 0 Å². The largest absolute Gasteiger partial charge is 0.392 e. The van der Waals surface area contributed by atoms with Crippen LogP contribution in [0.15, 0.2) is 17.2 Å². The summed E-state index contributed by atoms with van der Waals surface area (Å²) in [6.45, 7) is 1.96. The molecule has 5 nitrogen and oxygen atoms in total. The molecule has 0 aliphatic heterocycles. The fraction of sp³-hybridized carbons (Fsp3) is 0.500. The molecule has 1 aromatic heterocycles. The van der Waals surface area contributed by atoms with E-state index >= 15 is 0 Å². The fourth-order valence-electron chi connectivity index (χ4n) is 0.863. The van der Waals surface area contributed by atoms with Gasteiger partial charge in [0.05, 0.1) is 6.10 Å².